The van der Waals surface area contributed by atoms with Crippen LogP contribution in [0, 0.1) is 12.8 Å². The van der Waals surface area contributed by atoms with Crippen LogP contribution in [0.3, 0.4) is 0 Å². The van der Waals surface area contributed by atoms with Crippen LogP contribution >= 0.6 is 11.3 Å². The van der Waals surface area contributed by atoms with E-state index in [2.05, 4.69) is 4.98 Å². The van der Waals surface area contributed by atoms with Gasteiger partial charge in [-0.3, -0.25) is 9.59 Å². The zero-order valence-corrected chi connectivity index (χ0v) is 27.0. The van der Waals surface area contributed by atoms with Crippen molar-refractivity contribution in [2.75, 3.05) is 13.6 Å². The van der Waals surface area contributed by atoms with Gasteiger partial charge < -0.3 is 9.80 Å². The quantitative estimate of drug-likeness (QED) is 0.281. The summed E-state index contributed by atoms with van der Waals surface area (Å²) in [5.41, 5.74) is 5.51. The summed E-state index contributed by atoms with van der Waals surface area (Å²) in [5.74, 6) is -0.322. The molecule has 44 heavy (non-hydrogen) atoms. The average molecular weight is 632 g/mol. The normalized spacial score (nSPS) is 21.8. The lowest BCUT2D eigenvalue weighted by atomic mass is 9.94. The number of para-hydroxylation sites is 1. The first-order valence-corrected chi connectivity index (χ1v) is 17.2. The van der Waals surface area contributed by atoms with Gasteiger partial charge in [0.05, 0.1) is 27.2 Å². The summed E-state index contributed by atoms with van der Waals surface area (Å²) < 4.78 is 31.3. The molecule has 0 aliphatic carbocycles. The van der Waals surface area contributed by atoms with Crippen LogP contribution in [0.1, 0.15) is 37.0 Å². The fourth-order valence-electron chi connectivity index (χ4n) is 6.35. The minimum atomic E-state index is -4.11. The second-order valence-corrected chi connectivity index (χ2v) is 14.8. The van der Waals surface area contributed by atoms with Crippen LogP contribution in [0.25, 0.3) is 10.2 Å². The van der Waals surface area contributed by atoms with E-state index in [0.29, 0.717) is 12.8 Å². The Balaban J connectivity index is 1.45. The predicted octanol–water partition coefficient (Wildman–Crippen LogP) is 4.68. The van der Waals surface area contributed by atoms with E-state index in [4.69, 9.17) is 0 Å². The van der Waals surface area contributed by atoms with Gasteiger partial charge in [0.25, 0.3) is 10.0 Å². The number of carbonyl (C=O) groups excluding carboxylic acids is 2. The van der Waals surface area contributed by atoms with Crippen LogP contribution in [0.2, 0.25) is 0 Å². The molecule has 2 aliphatic rings. The van der Waals surface area contributed by atoms with Crippen molar-refractivity contribution < 1.29 is 18.0 Å². The molecule has 230 valence electrons. The maximum absolute atomic E-state index is 14.5. The van der Waals surface area contributed by atoms with Crippen molar-refractivity contribution in [1.29, 1.82) is 0 Å². The van der Waals surface area contributed by atoms with E-state index in [1.165, 1.54) is 15.8 Å². The number of nitrogens with zero attached hydrogens (tertiary/aromatic N) is 5. The molecule has 3 heterocycles. The van der Waals surface area contributed by atoms with Crippen LogP contribution in [-0.2, 0) is 32.6 Å². The number of thiazole rings is 1. The van der Waals surface area contributed by atoms with Crippen molar-refractivity contribution >= 4 is 43.4 Å². The molecule has 9 nitrogen and oxygen atoms in total. The van der Waals surface area contributed by atoms with E-state index in [0.717, 1.165) is 26.9 Å². The first-order chi connectivity index (χ1) is 21.1. The number of carbonyl (C=O) groups is 2. The molecule has 2 fully saturated rings. The molecule has 4 aromatic rings. The van der Waals surface area contributed by atoms with Gasteiger partial charge in [-0.1, -0.05) is 74.0 Å². The minimum Gasteiger partial charge on any atom is -0.333 e. The largest absolute Gasteiger partial charge is 0.333 e. The van der Waals surface area contributed by atoms with E-state index >= 15 is 0 Å². The maximum atomic E-state index is 14.5. The smallest absolute Gasteiger partial charge is 0.258 e. The topological polar surface area (TPSA) is 94.1 Å². The first kappa shape index (κ1) is 30.4. The highest BCUT2D eigenvalue weighted by Gasteiger charge is 2.56. The lowest BCUT2D eigenvalue weighted by Gasteiger charge is -2.56. The molecule has 2 aliphatic heterocycles. The molecule has 6 rings (SSSR count). The van der Waals surface area contributed by atoms with Crippen LogP contribution in [0.15, 0.2) is 83.2 Å². The number of hydrogen-bond acceptors (Lipinski definition) is 7. The van der Waals surface area contributed by atoms with Crippen LogP contribution < -0.4 is 0 Å². The van der Waals surface area contributed by atoms with Gasteiger partial charge in [0, 0.05) is 13.6 Å². The maximum Gasteiger partial charge on any atom is 0.258 e. The highest BCUT2D eigenvalue weighted by molar-refractivity contribution is 7.89. The van der Waals surface area contributed by atoms with E-state index < -0.39 is 28.3 Å². The fourth-order valence-corrected chi connectivity index (χ4v) is 8.73. The number of rotatable bonds is 8. The Labute approximate surface area is 262 Å². The van der Waals surface area contributed by atoms with Crippen LogP contribution in [0.4, 0.5) is 0 Å². The standard InChI is InChI=1S/C33H37N5O4S2/c1-22(2)17-28-32(39)36(19-25-9-8-12-29-31(25)34-21-43-29)20-30-37(28)33(40)27(18-24-15-13-23(3)14-16-24)35(4)38(30)44(41,42)26-10-6-5-7-11-26/h5-16,21-22,27-28,30H,17-20H2,1-4H3/t27?,28-,30-/m0/s1. The van der Waals surface area contributed by atoms with Gasteiger partial charge in [-0.15, -0.1) is 15.8 Å². The van der Waals surface area contributed by atoms with Crippen molar-refractivity contribution in [2.45, 2.75) is 63.3 Å². The second kappa shape index (κ2) is 12.0. The van der Waals surface area contributed by atoms with Gasteiger partial charge in [-0.05, 0) is 55.0 Å². The Kier molecular flexibility index (Phi) is 8.31. The minimum absolute atomic E-state index is 0.0351. The molecule has 0 saturated carbocycles. The lowest BCUT2D eigenvalue weighted by Crippen LogP contribution is -2.77. The number of fused-ring (bicyclic) bond motifs is 2. The molecule has 2 saturated heterocycles. The van der Waals surface area contributed by atoms with Gasteiger partial charge in [0.2, 0.25) is 11.8 Å². The summed E-state index contributed by atoms with van der Waals surface area (Å²) in [6.07, 6.45) is -0.195. The van der Waals surface area contributed by atoms with Gasteiger partial charge in [0.1, 0.15) is 18.2 Å². The molecule has 0 bridgehead atoms. The number of hydrogen-bond donors (Lipinski definition) is 0. The molecule has 0 spiro atoms. The third-order valence-corrected chi connectivity index (χ3v) is 11.2. The third-order valence-electron chi connectivity index (χ3n) is 8.53. The summed E-state index contributed by atoms with van der Waals surface area (Å²) in [5, 5.41) is 1.58. The Bertz CT molecular complexity index is 1770. The van der Waals surface area contributed by atoms with Crippen molar-refractivity contribution in [3.8, 4) is 0 Å². The van der Waals surface area contributed by atoms with Gasteiger partial charge in [-0.25, -0.2) is 18.4 Å². The van der Waals surface area contributed by atoms with Crippen LogP contribution in [-0.4, -0.2) is 76.3 Å². The Morgan fingerprint density at radius 2 is 1.66 bits per heavy atom. The highest BCUT2D eigenvalue weighted by atomic mass is 32.2. The number of likely N-dealkylation sites (N-methyl/N-ethyl adjacent to an activating group) is 1. The monoisotopic (exact) mass is 631 g/mol. The summed E-state index contributed by atoms with van der Waals surface area (Å²) in [6.45, 7) is 6.33. The van der Waals surface area contributed by atoms with E-state index in [-0.39, 0.29) is 35.7 Å². The lowest BCUT2D eigenvalue weighted by molar-refractivity contribution is -0.191. The average Bonchev–Trinajstić information content (AvgIpc) is 3.49. The molecule has 0 radical (unpaired) electrons. The SMILES string of the molecule is Cc1ccc(CC2C(=O)N3[C@@H](CC(C)C)C(=O)N(Cc4cccc5scnc45)C[C@@H]3N(S(=O)(=O)c3ccccc3)N2C)cc1. The number of amides is 2. The zero-order chi connectivity index (χ0) is 31.2. The molecule has 1 unspecified atom stereocenters. The Morgan fingerprint density at radius 1 is 0.932 bits per heavy atom. The van der Waals surface area contributed by atoms with Crippen molar-refractivity contribution in [3.63, 3.8) is 0 Å². The predicted molar refractivity (Wildman–Crippen MR) is 171 cm³/mol. The van der Waals surface area contributed by atoms with Gasteiger partial charge in [-0.2, -0.15) is 0 Å². The molecule has 3 aromatic carbocycles. The Morgan fingerprint density at radius 3 is 2.36 bits per heavy atom. The summed E-state index contributed by atoms with van der Waals surface area (Å²) in [7, 11) is -2.44. The molecular formula is C33H37N5O4S2. The van der Waals surface area contributed by atoms with Crippen molar-refractivity contribution in [1.82, 2.24) is 24.2 Å². The molecular weight excluding hydrogens is 595 g/mol. The molecule has 3 atom stereocenters. The number of benzene rings is 3. The molecule has 0 N–H and O–H groups in total. The summed E-state index contributed by atoms with van der Waals surface area (Å²) in [4.78, 5) is 36.7. The van der Waals surface area contributed by atoms with Crippen molar-refractivity contribution in [2.24, 2.45) is 5.92 Å². The van der Waals surface area contributed by atoms with E-state index in [1.54, 1.807) is 57.7 Å². The third kappa shape index (κ3) is 5.53. The van der Waals surface area contributed by atoms with Gasteiger partial charge in [0.15, 0.2) is 0 Å². The van der Waals surface area contributed by atoms with Crippen LogP contribution in [0.5, 0.6) is 0 Å². The van der Waals surface area contributed by atoms with Crippen molar-refractivity contribution in [3.05, 3.63) is 95.0 Å². The number of sulfonamides is 1. The number of piperazine rings is 1. The second-order valence-electron chi connectivity index (χ2n) is 12.1. The number of hydrazine groups is 1. The van der Waals surface area contributed by atoms with E-state index in [9.17, 15) is 18.0 Å². The van der Waals surface area contributed by atoms with Gasteiger partial charge >= 0.3 is 0 Å². The summed E-state index contributed by atoms with van der Waals surface area (Å²) in [6, 6.07) is 20.5. The molecule has 11 heteroatoms. The van der Waals surface area contributed by atoms with E-state index in [1.807, 2.05) is 63.2 Å². The first-order valence-electron chi connectivity index (χ1n) is 14.9. The Hall–Kier alpha value is -3.64. The summed E-state index contributed by atoms with van der Waals surface area (Å²) >= 11 is 1.53. The molecule has 2 amide bonds. The zero-order valence-electron chi connectivity index (χ0n) is 25.3. The molecule has 1 aromatic heterocycles. The number of aryl methyl sites for hydroxylation is 1. The fraction of sp³-hybridized carbons (Fsp3) is 0.364. The number of aromatic nitrogens is 1. The highest BCUT2D eigenvalue weighted by Crippen LogP contribution is 2.36.